The fraction of sp³-hybridized carbons (Fsp3) is 0.250. The summed E-state index contributed by atoms with van der Waals surface area (Å²) < 4.78 is 1.41. The van der Waals surface area contributed by atoms with E-state index in [1.165, 1.54) is 16.8 Å². The number of amides is 2. The van der Waals surface area contributed by atoms with Gasteiger partial charge in [0, 0.05) is 18.7 Å². The van der Waals surface area contributed by atoms with Gasteiger partial charge in [-0.1, -0.05) is 43.3 Å². The first-order valence-corrected chi connectivity index (χ1v) is 12.2. The number of fused-ring (bicyclic) bond motifs is 2. The number of benzene rings is 2. The van der Waals surface area contributed by atoms with Crippen LogP contribution in [-0.2, 0) is 6.42 Å². The predicted octanol–water partition coefficient (Wildman–Crippen LogP) is 3.69. The van der Waals surface area contributed by atoms with E-state index < -0.39 is 5.97 Å². The van der Waals surface area contributed by atoms with Crippen molar-refractivity contribution >= 4 is 23.4 Å². The number of carboxylic acid groups (broad SMARTS) is 1. The van der Waals surface area contributed by atoms with Crippen LogP contribution in [0.2, 0.25) is 0 Å². The molecule has 2 atom stereocenters. The molecule has 0 bridgehead atoms. The van der Waals surface area contributed by atoms with Gasteiger partial charge >= 0.3 is 5.97 Å². The van der Waals surface area contributed by atoms with Gasteiger partial charge in [-0.25, -0.2) is 14.3 Å². The van der Waals surface area contributed by atoms with E-state index in [1.807, 2.05) is 37.3 Å². The topological polar surface area (TPSA) is 126 Å². The van der Waals surface area contributed by atoms with Crippen molar-refractivity contribution in [3.63, 3.8) is 0 Å². The lowest BCUT2D eigenvalue weighted by Crippen LogP contribution is -2.31. The van der Waals surface area contributed by atoms with Gasteiger partial charge in [-0.2, -0.15) is 5.10 Å². The Hall–Kier alpha value is -4.53. The van der Waals surface area contributed by atoms with Crippen LogP contribution in [-0.4, -0.2) is 44.0 Å². The Morgan fingerprint density at radius 3 is 2.65 bits per heavy atom. The zero-order chi connectivity index (χ0) is 26.1. The quantitative estimate of drug-likeness (QED) is 0.358. The van der Waals surface area contributed by atoms with Crippen LogP contribution in [0.1, 0.15) is 78.9 Å². The molecule has 1 aliphatic rings. The first-order valence-electron chi connectivity index (χ1n) is 12.2. The molecule has 0 fully saturated rings. The number of nitrogens with one attached hydrogen (secondary N) is 2. The molecular weight excluding hydrogens is 470 g/mol. The SMILES string of the molecule is Cc1c(C(=O)O)ccc2c1CC[C@@H]2NC(=O)c1cc(C(=O)NC[C@H](C)c2ccccc2)nc2ccnn12. The minimum atomic E-state index is -0.963. The lowest BCUT2D eigenvalue weighted by atomic mass is 9.98. The molecule has 0 unspecified atom stereocenters. The fourth-order valence-corrected chi connectivity index (χ4v) is 4.92. The average Bonchev–Trinajstić information content (AvgIpc) is 3.54. The molecule has 1 aliphatic carbocycles. The number of carbonyl (C=O) groups is 3. The fourth-order valence-electron chi connectivity index (χ4n) is 4.92. The third-order valence-electron chi connectivity index (χ3n) is 6.99. The highest BCUT2D eigenvalue weighted by atomic mass is 16.4. The van der Waals surface area contributed by atoms with Crippen LogP contribution < -0.4 is 10.6 Å². The minimum Gasteiger partial charge on any atom is -0.478 e. The lowest BCUT2D eigenvalue weighted by Gasteiger charge is -2.16. The summed E-state index contributed by atoms with van der Waals surface area (Å²) in [4.78, 5) is 42.2. The molecule has 9 heteroatoms. The normalized spacial score (nSPS) is 15.2. The van der Waals surface area contributed by atoms with Crippen LogP contribution >= 0.6 is 0 Å². The van der Waals surface area contributed by atoms with Crippen molar-refractivity contribution in [3.05, 3.63) is 100.0 Å². The van der Waals surface area contributed by atoms with Crippen molar-refractivity contribution in [2.45, 2.75) is 38.6 Å². The van der Waals surface area contributed by atoms with E-state index >= 15 is 0 Å². The third kappa shape index (κ3) is 4.67. The number of hydrogen-bond acceptors (Lipinski definition) is 5. The Morgan fingerprint density at radius 1 is 1.11 bits per heavy atom. The Balaban J connectivity index is 1.36. The Labute approximate surface area is 213 Å². The van der Waals surface area contributed by atoms with E-state index in [2.05, 4.69) is 20.7 Å². The summed E-state index contributed by atoms with van der Waals surface area (Å²) in [6.45, 7) is 4.25. The van der Waals surface area contributed by atoms with Crippen molar-refractivity contribution in [2.24, 2.45) is 0 Å². The standard InChI is InChI=1S/C28H27N5O4/c1-16(18-6-4-3-5-7-18)15-29-26(34)23-14-24(33-25(31-23)12-13-30-33)27(35)32-22-11-10-19-17(2)20(28(36)37)8-9-21(19)22/h3-9,12-14,16,22H,10-11,15H2,1-2H3,(H,29,34)(H,32,35)(H,36,37)/t16-,22-/m0/s1. The number of carboxylic acids is 1. The number of hydrogen-bond donors (Lipinski definition) is 3. The summed E-state index contributed by atoms with van der Waals surface area (Å²) in [5.74, 6) is -1.61. The summed E-state index contributed by atoms with van der Waals surface area (Å²) >= 11 is 0. The summed E-state index contributed by atoms with van der Waals surface area (Å²) in [6.07, 6.45) is 2.86. The van der Waals surface area contributed by atoms with Gasteiger partial charge in [-0.15, -0.1) is 0 Å². The second-order valence-corrected chi connectivity index (χ2v) is 9.33. The van der Waals surface area contributed by atoms with E-state index in [9.17, 15) is 19.5 Å². The van der Waals surface area contributed by atoms with Crippen LogP contribution in [0.4, 0.5) is 0 Å². The van der Waals surface area contributed by atoms with Crippen LogP contribution in [0.25, 0.3) is 5.65 Å². The van der Waals surface area contributed by atoms with E-state index in [1.54, 1.807) is 25.1 Å². The first kappa shape index (κ1) is 24.2. The molecule has 0 spiro atoms. The molecular formula is C28H27N5O4. The van der Waals surface area contributed by atoms with Crippen LogP contribution in [0.3, 0.4) is 0 Å². The number of carbonyl (C=O) groups excluding carboxylic acids is 2. The van der Waals surface area contributed by atoms with Crippen molar-refractivity contribution in [2.75, 3.05) is 6.54 Å². The summed E-state index contributed by atoms with van der Waals surface area (Å²) in [7, 11) is 0. The molecule has 188 valence electrons. The maximum absolute atomic E-state index is 13.4. The molecule has 0 radical (unpaired) electrons. The van der Waals surface area contributed by atoms with Gasteiger partial charge in [0.25, 0.3) is 11.8 Å². The summed E-state index contributed by atoms with van der Waals surface area (Å²) in [5.41, 5.74) is 4.70. The smallest absolute Gasteiger partial charge is 0.335 e. The molecule has 0 saturated carbocycles. The molecule has 3 N–H and O–H groups in total. The van der Waals surface area contributed by atoms with Crippen LogP contribution in [0.5, 0.6) is 0 Å². The monoisotopic (exact) mass is 497 g/mol. The molecule has 2 aromatic carbocycles. The van der Waals surface area contributed by atoms with Gasteiger partial charge < -0.3 is 15.7 Å². The zero-order valence-corrected chi connectivity index (χ0v) is 20.6. The van der Waals surface area contributed by atoms with Gasteiger partial charge in [0.05, 0.1) is 17.8 Å². The van der Waals surface area contributed by atoms with Gasteiger partial charge in [0.1, 0.15) is 11.4 Å². The largest absolute Gasteiger partial charge is 0.478 e. The second kappa shape index (κ2) is 9.85. The predicted molar refractivity (Wildman–Crippen MR) is 137 cm³/mol. The zero-order valence-electron chi connectivity index (χ0n) is 20.6. The number of aromatic carboxylic acids is 1. The third-order valence-corrected chi connectivity index (χ3v) is 6.99. The van der Waals surface area contributed by atoms with E-state index in [0.29, 0.717) is 25.0 Å². The molecule has 0 saturated heterocycles. The van der Waals surface area contributed by atoms with Gasteiger partial charge in [-0.05, 0) is 54.0 Å². The van der Waals surface area contributed by atoms with Gasteiger partial charge in [0.15, 0.2) is 5.65 Å². The maximum atomic E-state index is 13.4. The van der Waals surface area contributed by atoms with E-state index in [0.717, 1.165) is 22.3 Å². The maximum Gasteiger partial charge on any atom is 0.335 e. The van der Waals surface area contributed by atoms with Crippen molar-refractivity contribution < 1.29 is 19.5 Å². The van der Waals surface area contributed by atoms with E-state index in [-0.39, 0.29) is 40.7 Å². The van der Waals surface area contributed by atoms with Crippen molar-refractivity contribution in [3.8, 4) is 0 Å². The Kier molecular flexibility index (Phi) is 6.43. The number of nitrogens with zero attached hydrogens (tertiary/aromatic N) is 3. The molecule has 9 nitrogen and oxygen atoms in total. The highest BCUT2D eigenvalue weighted by molar-refractivity contribution is 5.98. The molecule has 2 aromatic heterocycles. The lowest BCUT2D eigenvalue weighted by molar-refractivity contribution is 0.0695. The molecule has 37 heavy (non-hydrogen) atoms. The van der Waals surface area contributed by atoms with Gasteiger partial charge in [0.2, 0.25) is 0 Å². The number of rotatable bonds is 7. The van der Waals surface area contributed by atoms with Gasteiger partial charge in [-0.3, -0.25) is 9.59 Å². The molecule has 5 rings (SSSR count). The molecule has 0 aliphatic heterocycles. The van der Waals surface area contributed by atoms with Crippen molar-refractivity contribution in [1.29, 1.82) is 0 Å². The summed E-state index contributed by atoms with van der Waals surface area (Å²) in [5, 5.41) is 19.6. The highest BCUT2D eigenvalue weighted by Gasteiger charge is 2.28. The minimum absolute atomic E-state index is 0.110. The average molecular weight is 498 g/mol. The van der Waals surface area contributed by atoms with Crippen LogP contribution in [0.15, 0.2) is 60.8 Å². The molecule has 4 aromatic rings. The molecule has 2 amide bonds. The molecule has 2 heterocycles. The summed E-state index contributed by atoms with van der Waals surface area (Å²) in [6, 6.07) is 16.1. The van der Waals surface area contributed by atoms with E-state index in [4.69, 9.17) is 0 Å². The Bertz CT molecular complexity index is 1510. The van der Waals surface area contributed by atoms with Crippen molar-refractivity contribution in [1.82, 2.24) is 25.2 Å². The second-order valence-electron chi connectivity index (χ2n) is 9.33. The number of aromatic nitrogens is 3. The van der Waals surface area contributed by atoms with Crippen LogP contribution in [0, 0.1) is 6.92 Å². The first-order chi connectivity index (χ1) is 17.8. The highest BCUT2D eigenvalue weighted by Crippen LogP contribution is 2.35. The Morgan fingerprint density at radius 2 is 1.89 bits per heavy atom.